The molecule has 6 nitrogen and oxygen atoms in total. The normalized spacial score (nSPS) is 10.7. The zero-order valence-electron chi connectivity index (χ0n) is 17.3. The van der Waals surface area contributed by atoms with E-state index in [1.54, 1.807) is 14.2 Å². The van der Waals surface area contributed by atoms with Crippen LogP contribution in [0.3, 0.4) is 0 Å². The summed E-state index contributed by atoms with van der Waals surface area (Å²) in [5.41, 5.74) is 2.90. The molecule has 2 aromatic carbocycles. The number of hydrogen-bond donors (Lipinski definition) is 3. The van der Waals surface area contributed by atoms with E-state index in [0.717, 1.165) is 42.2 Å². The number of guanidine groups is 1. The van der Waals surface area contributed by atoms with E-state index in [1.165, 1.54) is 0 Å². The number of nitrogens with zero attached hydrogens (tertiary/aromatic N) is 1. The van der Waals surface area contributed by atoms with Gasteiger partial charge in [-0.05, 0) is 41.8 Å². The molecule has 3 N–H and O–H groups in total. The smallest absolute Gasteiger partial charge is 0.251 e. The Hall–Kier alpha value is -2.29. The zero-order valence-corrected chi connectivity index (χ0v) is 19.7. The van der Waals surface area contributed by atoms with Crippen molar-refractivity contribution in [3.8, 4) is 5.75 Å². The van der Waals surface area contributed by atoms with Crippen molar-refractivity contribution in [2.24, 2.45) is 4.99 Å². The Balaban J connectivity index is 0.00000420. The van der Waals surface area contributed by atoms with Gasteiger partial charge in [-0.3, -0.25) is 9.79 Å². The molecular weight excluding hydrogens is 479 g/mol. The Morgan fingerprint density at radius 2 is 1.48 bits per heavy atom. The van der Waals surface area contributed by atoms with Gasteiger partial charge >= 0.3 is 0 Å². The average Bonchev–Trinajstić information content (AvgIpc) is 2.74. The summed E-state index contributed by atoms with van der Waals surface area (Å²) in [5.74, 6) is 1.54. The van der Waals surface area contributed by atoms with Gasteiger partial charge in [0.15, 0.2) is 5.96 Å². The molecule has 0 unspecified atom stereocenters. The molecule has 0 saturated heterocycles. The molecule has 0 aromatic heterocycles. The van der Waals surface area contributed by atoms with Crippen molar-refractivity contribution in [1.82, 2.24) is 16.0 Å². The van der Waals surface area contributed by atoms with Gasteiger partial charge in [-0.1, -0.05) is 37.6 Å². The van der Waals surface area contributed by atoms with E-state index >= 15 is 0 Å². The first-order chi connectivity index (χ1) is 13.7. The first kappa shape index (κ1) is 24.7. The van der Waals surface area contributed by atoms with Gasteiger partial charge in [-0.25, -0.2) is 0 Å². The molecule has 0 bridgehead atoms. The molecule has 0 aliphatic rings. The van der Waals surface area contributed by atoms with E-state index in [1.807, 2.05) is 48.5 Å². The Bertz CT molecular complexity index is 761. The quantitative estimate of drug-likeness (QED) is 0.208. The summed E-state index contributed by atoms with van der Waals surface area (Å²) >= 11 is 0. The molecule has 2 rings (SSSR count). The molecule has 0 aliphatic heterocycles. The summed E-state index contributed by atoms with van der Waals surface area (Å²) in [6, 6.07) is 15.5. The molecule has 2 aromatic rings. The minimum atomic E-state index is -0.0232. The highest BCUT2D eigenvalue weighted by molar-refractivity contribution is 14.0. The van der Waals surface area contributed by atoms with Crippen LogP contribution < -0.4 is 20.7 Å². The molecule has 0 fully saturated rings. The second-order valence-corrected chi connectivity index (χ2v) is 6.43. The van der Waals surface area contributed by atoms with Crippen LogP contribution in [0.25, 0.3) is 0 Å². The third-order valence-electron chi connectivity index (χ3n) is 4.33. The predicted octanol–water partition coefficient (Wildman–Crippen LogP) is 3.71. The van der Waals surface area contributed by atoms with Crippen LogP contribution in [0.2, 0.25) is 0 Å². The third-order valence-corrected chi connectivity index (χ3v) is 4.33. The largest absolute Gasteiger partial charge is 0.497 e. The van der Waals surface area contributed by atoms with Gasteiger partial charge < -0.3 is 20.7 Å². The van der Waals surface area contributed by atoms with Crippen LogP contribution in [0.5, 0.6) is 5.75 Å². The molecule has 158 valence electrons. The first-order valence-electron chi connectivity index (χ1n) is 9.60. The van der Waals surface area contributed by atoms with Crippen LogP contribution in [-0.2, 0) is 13.1 Å². The van der Waals surface area contributed by atoms with Gasteiger partial charge in [0, 0.05) is 32.2 Å². The van der Waals surface area contributed by atoms with Crippen molar-refractivity contribution in [3.63, 3.8) is 0 Å². The fourth-order valence-corrected chi connectivity index (χ4v) is 2.59. The number of benzene rings is 2. The first-order valence-corrected chi connectivity index (χ1v) is 9.60. The summed E-state index contributed by atoms with van der Waals surface area (Å²) in [6.07, 6.45) is 2.06. The lowest BCUT2D eigenvalue weighted by atomic mass is 10.1. The molecule has 0 radical (unpaired) electrons. The number of unbranched alkanes of at least 4 members (excludes halogenated alkanes) is 1. The highest BCUT2D eigenvalue weighted by Gasteiger charge is 2.05. The number of amides is 1. The summed E-state index contributed by atoms with van der Waals surface area (Å²) in [6.45, 7) is 4.11. The summed E-state index contributed by atoms with van der Waals surface area (Å²) in [4.78, 5) is 16.3. The minimum Gasteiger partial charge on any atom is -0.497 e. The number of rotatable bonds is 9. The zero-order chi connectivity index (χ0) is 20.2. The average molecular weight is 510 g/mol. The van der Waals surface area contributed by atoms with Gasteiger partial charge in [0.25, 0.3) is 5.91 Å². The lowest BCUT2D eigenvalue weighted by molar-refractivity contribution is 0.0953. The predicted molar refractivity (Wildman–Crippen MR) is 129 cm³/mol. The molecule has 0 saturated carbocycles. The number of aliphatic imine (C=N–C) groups is 1. The summed E-state index contributed by atoms with van der Waals surface area (Å²) < 4.78 is 5.17. The Morgan fingerprint density at radius 3 is 1.97 bits per heavy atom. The molecule has 0 heterocycles. The van der Waals surface area contributed by atoms with Crippen molar-refractivity contribution in [3.05, 3.63) is 65.2 Å². The monoisotopic (exact) mass is 510 g/mol. The van der Waals surface area contributed by atoms with E-state index in [4.69, 9.17) is 4.74 Å². The maximum absolute atomic E-state index is 12.0. The van der Waals surface area contributed by atoms with Crippen LogP contribution in [0.4, 0.5) is 0 Å². The van der Waals surface area contributed by atoms with Crippen LogP contribution in [0.15, 0.2) is 53.5 Å². The van der Waals surface area contributed by atoms with E-state index in [9.17, 15) is 4.79 Å². The molecular formula is C22H31IN4O2. The van der Waals surface area contributed by atoms with Crippen LogP contribution in [-0.4, -0.2) is 32.6 Å². The number of methoxy groups -OCH3 is 1. The van der Waals surface area contributed by atoms with E-state index in [-0.39, 0.29) is 29.9 Å². The van der Waals surface area contributed by atoms with Crippen molar-refractivity contribution in [2.75, 3.05) is 20.7 Å². The second-order valence-electron chi connectivity index (χ2n) is 6.43. The number of carbonyl (C=O) groups is 1. The lowest BCUT2D eigenvalue weighted by Crippen LogP contribution is -2.36. The number of nitrogens with one attached hydrogen (secondary N) is 3. The van der Waals surface area contributed by atoms with Crippen molar-refractivity contribution >= 4 is 35.8 Å². The minimum absolute atomic E-state index is 0. The molecule has 7 heteroatoms. The molecule has 0 atom stereocenters. The number of hydrogen-bond acceptors (Lipinski definition) is 3. The van der Waals surface area contributed by atoms with Gasteiger partial charge in [0.05, 0.1) is 7.11 Å². The fraction of sp³-hybridized carbons (Fsp3) is 0.364. The highest BCUT2D eigenvalue weighted by atomic mass is 127. The lowest BCUT2D eigenvalue weighted by Gasteiger charge is -2.12. The van der Waals surface area contributed by atoms with E-state index in [0.29, 0.717) is 18.7 Å². The second kappa shape index (κ2) is 13.8. The van der Waals surface area contributed by atoms with Crippen LogP contribution >= 0.6 is 24.0 Å². The van der Waals surface area contributed by atoms with Crippen molar-refractivity contribution in [2.45, 2.75) is 32.9 Å². The van der Waals surface area contributed by atoms with E-state index in [2.05, 4.69) is 27.9 Å². The topological polar surface area (TPSA) is 74.8 Å². The number of ether oxygens (including phenoxy) is 1. The Labute approximate surface area is 190 Å². The summed E-state index contributed by atoms with van der Waals surface area (Å²) in [5, 5.41) is 9.50. The van der Waals surface area contributed by atoms with Crippen LogP contribution in [0, 0.1) is 0 Å². The summed E-state index contributed by atoms with van der Waals surface area (Å²) in [7, 11) is 3.40. The van der Waals surface area contributed by atoms with E-state index < -0.39 is 0 Å². The molecule has 1 amide bonds. The van der Waals surface area contributed by atoms with Gasteiger partial charge in [0.2, 0.25) is 0 Å². The Morgan fingerprint density at radius 1 is 0.931 bits per heavy atom. The maximum atomic E-state index is 12.0. The van der Waals surface area contributed by atoms with Gasteiger partial charge in [0.1, 0.15) is 5.75 Å². The number of carbonyl (C=O) groups excluding carboxylic acids is 1. The third kappa shape index (κ3) is 8.72. The number of halogens is 1. The van der Waals surface area contributed by atoms with Crippen molar-refractivity contribution in [1.29, 1.82) is 0 Å². The Kier molecular flexibility index (Phi) is 11.8. The fourth-order valence-electron chi connectivity index (χ4n) is 2.59. The molecule has 0 spiro atoms. The van der Waals surface area contributed by atoms with Gasteiger partial charge in [-0.2, -0.15) is 0 Å². The molecule has 29 heavy (non-hydrogen) atoms. The van der Waals surface area contributed by atoms with Crippen LogP contribution in [0.1, 0.15) is 41.3 Å². The molecule has 0 aliphatic carbocycles. The SMILES string of the molecule is CCCCNC(=O)c1ccc(CNC(=NC)NCc2ccc(OC)cc2)cc1.I. The standard InChI is InChI=1S/C22H30N4O2.HI/c1-4-5-14-24-21(27)19-10-6-17(7-11-19)15-25-22(23-2)26-16-18-8-12-20(28-3)13-9-18;/h6-13H,4-5,14-16H2,1-3H3,(H,24,27)(H2,23,25,26);1H. The van der Waals surface area contributed by atoms with Gasteiger partial charge in [-0.15, -0.1) is 24.0 Å². The van der Waals surface area contributed by atoms with Crippen molar-refractivity contribution < 1.29 is 9.53 Å². The maximum Gasteiger partial charge on any atom is 0.251 e. The highest BCUT2D eigenvalue weighted by Crippen LogP contribution is 2.11.